The van der Waals surface area contributed by atoms with Crippen LogP contribution in [0, 0.1) is 19.7 Å². The third-order valence-electron chi connectivity index (χ3n) is 3.24. The number of ether oxygens (including phenoxy) is 1. The summed E-state index contributed by atoms with van der Waals surface area (Å²) < 4.78 is 24.6. The van der Waals surface area contributed by atoms with Gasteiger partial charge in [-0.3, -0.25) is 0 Å². The largest absolute Gasteiger partial charge is 0.456 e. The van der Waals surface area contributed by atoms with Crippen molar-refractivity contribution in [3.05, 3.63) is 52.0 Å². The number of esters is 1. The smallest absolute Gasteiger partial charge is 0.348 e. The van der Waals surface area contributed by atoms with Gasteiger partial charge in [0.15, 0.2) is 0 Å². The van der Waals surface area contributed by atoms with E-state index in [1.807, 2.05) is 0 Å². The highest BCUT2D eigenvalue weighted by molar-refractivity contribution is 7.20. The van der Waals surface area contributed by atoms with E-state index in [0.717, 1.165) is 10.3 Å². The van der Waals surface area contributed by atoms with Crippen LogP contribution in [-0.2, 0) is 11.3 Å². The summed E-state index contributed by atoms with van der Waals surface area (Å²) >= 11 is 1.21. The molecule has 2 aromatic heterocycles. The molecule has 0 amide bonds. The van der Waals surface area contributed by atoms with E-state index in [9.17, 15) is 9.18 Å². The van der Waals surface area contributed by atoms with Gasteiger partial charge in [-0.1, -0.05) is 11.2 Å². The van der Waals surface area contributed by atoms with Gasteiger partial charge >= 0.3 is 5.97 Å². The Balaban J connectivity index is 1.80. The molecule has 4 nitrogen and oxygen atoms in total. The van der Waals surface area contributed by atoms with Crippen LogP contribution in [0.1, 0.15) is 26.7 Å². The van der Waals surface area contributed by atoms with Crippen LogP contribution in [0.5, 0.6) is 0 Å². The average Bonchev–Trinajstić information content (AvgIpc) is 3.02. The number of halogens is 1. The molecule has 0 fully saturated rings. The molecule has 1 aromatic carbocycles. The van der Waals surface area contributed by atoms with Gasteiger partial charge in [0.05, 0.1) is 11.3 Å². The predicted molar refractivity (Wildman–Crippen MR) is 76.9 cm³/mol. The number of thiophene rings is 1. The van der Waals surface area contributed by atoms with Crippen molar-refractivity contribution >= 4 is 27.4 Å². The number of hydrogen-bond acceptors (Lipinski definition) is 5. The van der Waals surface area contributed by atoms with Crippen LogP contribution >= 0.6 is 11.3 Å². The minimum absolute atomic E-state index is 0.0940. The first kappa shape index (κ1) is 13.8. The van der Waals surface area contributed by atoms with E-state index in [1.165, 1.54) is 23.5 Å². The standard InChI is InChI=1S/C15H12FNO3S/c1-8-11(9(2)20-17-8)7-19-15(18)14-6-10-12(16)4-3-5-13(10)21-14/h3-6H,7H2,1-2H3. The Morgan fingerprint density at radius 1 is 1.43 bits per heavy atom. The first-order chi connectivity index (χ1) is 10.1. The van der Waals surface area contributed by atoms with Crippen LogP contribution < -0.4 is 0 Å². The highest BCUT2D eigenvalue weighted by Crippen LogP contribution is 2.28. The molecule has 0 saturated carbocycles. The van der Waals surface area contributed by atoms with E-state index in [0.29, 0.717) is 21.7 Å². The van der Waals surface area contributed by atoms with Gasteiger partial charge < -0.3 is 9.26 Å². The van der Waals surface area contributed by atoms with Crippen molar-refractivity contribution in [3.8, 4) is 0 Å². The van der Waals surface area contributed by atoms with E-state index >= 15 is 0 Å². The number of hydrogen-bond donors (Lipinski definition) is 0. The maximum atomic E-state index is 13.6. The fraction of sp³-hybridized carbons (Fsp3) is 0.200. The second-order valence-corrected chi connectivity index (χ2v) is 5.72. The fourth-order valence-electron chi connectivity index (χ4n) is 2.04. The first-order valence-electron chi connectivity index (χ1n) is 6.33. The highest BCUT2D eigenvalue weighted by Gasteiger charge is 2.16. The number of benzene rings is 1. The van der Waals surface area contributed by atoms with E-state index in [2.05, 4.69) is 5.16 Å². The second-order valence-electron chi connectivity index (χ2n) is 4.64. The summed E-state index contributed by atoms with van der Waals surface area (Å²) in [4.78, 5) is 12.4. The molecule has 0 aliphatic rings. The fourth-order valence-corrected chi connectivity index (χ4v) is 3.01. The quantitative estimate of drug-likeness (QED) is 0.686. The summed E-state index contributed by atoms with van der Waals surface area (Å²) in [5.74, 6) is -0.188. The van der Waals surface area contributed by atoms with Crippen molar-refractivity contribution in [1.29, 1.82) is 0 Å². The monoisotopic (exact) mass is 305 g/mol. The van der Waals surface area contributed by atoms with Gasteiger partial charge in [0.1, 0.15) is 23.1 Å². The lowest BCUT2D eigenvalue weighted by atomic mass is 10.2. The van der Waals surface area contributed by atoms with Crippen molar-refractivity contribution in [2.75, 3.05) is 0 Å². The van der Waals surface area contributed by atoms with Gasteiger partial charge in [0.25, 0.3) is 0 Å². The molecule has 2 heterocycles. The summed E-state index contributed by atoms with van der Waals surface area (Å²) in [7, 11) is 0. The van der Waals surface area contributed by atoms with E-state index in [4.69, 9.17) is 9.26 Å². The maximum absolute atomic E-state index is 13.6. The molecule has 0 atom stereocenters. The van der Waals surface area contributed by atoms with Gasteiger partial charge in [-0.25, -0.2) is 9.18 Å². The molecule has 0 aliphatic carbocycles. The van der Waals surface area contributed by atoms with Gasteiger partial charge in [0.2, 0.25) is 0 Å². The third-order valence-corrected chi connectivity index (χ3v) is 4.32. The van der Waals surface area contributed by atoms with E-state index in [-0.39, 0.29) is 12.4 Å². The van der Waals surface area contributed by atoms with Crippen molar-refractivity contribution in [1.82, 2.24) is 5.16 Å². The number of aromatic nitrogens is 1. The van der Waals surface area contributed by atoms with Crippen LogP contribution in [0.4, 0.5) is 4.39 Å². The first-order valence-corrected chi connectivity index (χ1v) is 7.15. The maximum Gasteiger partial charge on any atom is 0.348 e. The molecule has 0 radical (unpaired) electrons. The lowest BCUT2D eigenvalue weighted by Gasteiger charge is -2.02. The van der Waals surface area contributed by atoms with Crippen LogP contribution in [0.15, 0.2) is 28.8 Å². The Labute approximate surface area is 124 Å². The number of aryl methyl sites for hydroxylation is 2. The molecule has 0 N–H and O–H groups in total. The minimum Gasteiger partial charge on any atom is -0.456 e. The molecule has 6 heteroatoms. The zero-order valence-electron chi connectivity index (χ0n) is 11.5. The molecule has 0 bridgehead atoms. The zero-order valence-corrected chi connectivity index (χ0v) is 12.3. The van der Waals surface area contributed by atoms with Crippen LogP contribution in [0.3, 0.4) is 0 Å². The number of rotatable bonds is 3. The molecular weight excluding hydrogens is 293 g/mol. The number of nitrogens with zero attached hydrogens (tertiary/aromatic N) is 1. The third kappa shape index (κ3) is 2.54. The lowest BCUT2D eigenvalue weighted by molar-refractivity contribution is 0.0477. The van der Waals surface area contributed by atoms with E-state index in [1.54, 1.807) is 26.0 Å². The summed E-state index contributed by atoms with van der Waals surface area (Å²) in [5.41, 5.74) is 1.46. The van der Waals surface area contributed by atoms with Gasteiger partial charge in [-0.15, -0.1) is 11.3 Å². The topological polar surface area (TPSA) is 52.3 Å². The Morgan fingerprint density at radius 3 is 2.90 bits per heavy atom. The van der Waals surface area contributed by atoms with Crippen molar-refractivity contribution in [2.45, 2.75) is 20.5 Å². The average molecular weight is 305 g/mol. The van der Waals surface area contributed by atoms with Crippen molar-refractivity contribution in [3.63, 3.8) is 0 Å². The van der Waals surface area contributed by atoms with Crippen molar-refractivity contribution in [2.24, 2.45) is 0 Å². The SMILES string of the molecule is Cc1noc(C)c1COC(=O)c1cc2c(F)cccc2s1. The van der Waals surface area contributed by atoms with Crippen LogP contribution in [-0.4, -0.2) is 11.1 Å². The Hall–Kier alpha value is -2.21. The molecular formula is C15H12FNO3S. The highest BCUT2D eigenvalue weighted by atomic mass is 32.1. The molecule has 0 unspecified atom stereocenters. The predicted octanol–water partition coefficient (Wildman–Crippen LogP) is 4.00. The van der Waals surface area contributed by atoms with Gasteiger partial charge in [0, 0.05) is 10.1 Å². The number of carbonyl (C=O) groups is 1. The van der Waals surface area contributed by atoms with Crippen molar-refractivity contribution < 1.29 is 18.4 Å². The van der Waals surface area contributed by atoms with Gasteiger partial charge in [-0.05, 0) is 32.0 Å². The number of carbonyl (C=O) groups excluding carboxylic acids is 1. The summed E-state index contributed by atoms with van der Waals surface area (Å²) in [6.45, 7) is 3.64. The molecule has 108 valence electrons. The minimum atomic E-state index is -0.476. The van der Waals surface area contributed by atoms with Crippen LogP contribution in [0.2, 0.25) is 0 Å². The molecule has 0 aliphatic heterocycles. The van der Waals surface area contributed by atoms with Gasteiger partial charge in [-0.2, -0.15) is 0 Å². The zero-order chi connectivity index (χ0) is 15.0. The lowest BCUT2D eigenvalue weighted by Crippen LogP contribution is -2.04. The van der Waals surface area contributed by atoms with Crippen LogP contribution in [0.25, 0.3) is 10.1 Å². The molecule has 3 aromatic rings. The molecule has 0 saturated heterocycles. The number of fused-ring (bicyclic) bond motifs is 1. The normalized spacial score (nSPS) is 11.0. The Kier molecular flexibility index (Phi) is 3.47. The summed E-state index contributed by atoms with van der Waals surface area (Å²) in [6.07, 6.45) is 0. The summed E-state index contributed by atoms with van der Waals surface area (Å²) in [6, 6.07) is 6.28. The second kappa shape index (κ2) is 5.29. The van der Waals surface area contributed by atoms with E-state index < -0.39 is 5.97 Å². The Morgan fingerprint density at radius 2 is 2.24 bits per heavy atom. The Bertz CT molecular complexity index is 802. The molecule has 21 heavy (non-hydrogen) atoms. The molecule has 0 spiro atoms. The summed E-state index contributed by atoms with van der Waals surface area (Å²) in [5, 5.41) is 4.24. The molecule has 3 rings (SSSR count).